The quantitative estimate of drug-likeness (QED) is 0.0205. The zero-order valence-corrected chi connectivity index (χ0v) is 39.8. The number of hydrogen-bond donors (Lipinski definition) is 10. The number of guanidine groups is 2. The maximum Gasteiger partial charge on any atom is 0.243 e. The largest absolute Gasteiger partial charge is 0.370 e. The summed E-state index contributed by atoms with van der Waals surface area (Å²) in [5.74, 6) is -4.24. The maximum absolute atomic E-state index is 14.5. The number of nitrogens with one attached hydrogen (secondary N) is 5. The van der Waals surface area contributed by atoms with Gasteiger partial charge in [0.15, 0.2) is 11.9 Å². The van der Waals surface area contributed by atoms with Crippen LogP contribution in [0.3, 0.4) is 0 Å². The van der Waals surface area contributed by atoms with Gasteiger partial charge in [-0.2, -0.15) is 0 Å². The van der Waals surface area contributed by atoms with Crippen molar-refractivity contribution >= 4 is 112 Å². The summed E-state index contributed by atoms with van der Waals surface area (Å²) in [6.07, 6.45) is 0.932. The Morgan fingerprint density at radius 1 is 0.458 bits per heavy atom. The summed E-state index contributed by atoms with van der Waals surface area (Å²) in [4.78, 5) is 89.8. The normalized spacial score (nSPS) is 13.1. The van der Waals surface area contributed by atoms with Gasteiger partial charge in [0.05, 0.1) is 6.54 Å². The van der Waals surface area contributed by atoms with E-state index in [1.54, 1.807) is 0 Å². The highest BCUT2D eigenvalue weighted by Crippen LogP contribution is 2.38. The van der Waals surface area contributed by atoms with Crippen LogP contribution in [0, 0.1) is 0 Å². The molecule has 72 heavy (non-hydrogen) atoms. The fourth-order valence-corrected chi connectivity index (χ4v) is 9.69. The van der Waals surface area contributed by atoms with E-state index in [0.717, 1.165) is 75.8 Å². The number of benzene rings is 8. The smallest absolute Gasteiger partial charge is 0.243 e. The van der Waals surface area contributed by atoms with E-state index in [-0.39, 0.29) is 50.7 Å². The van der Waals surface area contributed by atoms with Crippen LogP contribution in [0.15, 0.2) is 119 Å². The number of amides is 6. The van der Waals surface area contributed by atoms with Crippen molar-refractivity contribution in [2.75, 3.05) is 19.6 Å². The number of nitrogens with two attached hydrogens (primary N) is 5. The monoisotopic (exact) mass is 970 g/mol. The molecule has 0 aliphatic heterocycles. The lowest BCUT2D eigenvalue weighted by molar-refractivity contribution is -0.133. The molecule has 0 heterocycles. The highest BCUT2D eigenvalue weighted by Gasteiger charge is 2.30. The number of primary amides is 1. The van der Waals surface area contributed by atoms with Crippen LogP contribution in [0.25, 0.3) is 64.6 Å². The molecular formula is C54H58N12O6. The Bertz CT molecular complexity index is 3370. The molecular weight excluding hydrogens is 913 g/mol. The molecule has 0 radical (unpaired) electrons. The summed E-state index contributed by atoms with van der Waals surface area (Å²) in [7, 11) is 0. The molecule has 18 nitrogen and oxygen atoms in total. The predicted octanol–water partition coefficient (Wildman–Crippen LogP) is 2.93. The molecule has 8 aromatic rings. The Hall–Kier alpha value is -8.80. The molecule has 18 heteroatoms. The molecule has 6 amide bonds. The lowest BCUT2D eigenvalue weighted by Gasteiger charge is -2.25. The van der Waals surface area contributed by atoms with E-state index >= 15 is 0 Å². The Balaban J connectivity index is 1.06. The first kappa shape index (κ1) is 49.6. The second kappa shape index (κ2) is 21.9. The molecule has 0 saturated heterocycles. The van der Waals surface area contributed by atoms with E-state index in [9.17, 15) is 28.8 Å². The molecule has 370 valence electrons. The van der Waals surface area contributed by atoms with Gasteiger partial charge in [-0.1, -0.05) is 109 Å². The SMILES string of the molecule is CC(=O)N[C@@H](CCCN=C(N)N)C(=O)N[C@@H](Cc1ccc2ccc3cccc4ccc1c2c34)C(=O)NCC(=O)N[C@@H](Cc1ccc2ccc3cccc4ccc1c2c34)C(=O)N[C@@H](CCCN=C(N)N)C(N)=O. The van der Waals surface area contributed by atoms with Crippen LogP contribution in [0.2, 0.25) is 0 Å². The number of rotatable bonds is 22. The van der Waals surface area contributed by atoms with Crippen LogP contribution in [0.4, 0.5) is 0 Å². The van der Waals surface area contributed by atoms with Gasteiger partial charge in [0.2, 0.25) is 35.4 Å². The van der Waals surface area contributed by atoms with Crippen LogP contribution in [-0.4, -0.2) is 91.2 Å². The number of hydrogen-bond acceptors (Lipinski definition) is 8. The molecule has 0 fully saturated rings. The van der Waals surface area contributed by atoms with E-state index in [1.807, 2.05) is 97.1 Å². The molecule has 4 atom stereocenters. The molecule has 0 aliphatic rings. The average molecular weight is 971 g/mol. The summed E-state index contributed by atoms with van der Waals surface area (Å²) in [5, 5.41) is 25.8. The average Bonchev–Trinajstić information content (AvgIpc) is 3.35. The summed E-state index contributed by atoms with van der Waals surface area (Å²) in [6.45, 7) is 1.07. The van der Waals surface area contributed by atoms with Gasteiger partial charge in [0, 0.05) is 32.9 Å². The summed E-state index contributed by atoms with van der Waals surface area (Å²) < 4.78 is 0. The van der Waals surface area contributed by atoms with Crippen molar-refractivity contribution in [3.63, 3.8) is 0 Å². The van der Waals surface area contributed by atoms with E-state index < -0.39 is 66.2 Å². The Labute approximate surface area is 414 Å². The second-order valence-electron chi connectivity index (χ2n) is 18.1. The third-order valence-electron chi connectivity index (χ3n) is 13.0. The standard InChI is InChI=1S/C54H58N12O6/c1-29(67)63-41(11-5-25-61-54(58)59)51(71)66-42(26-36-18-16-34-14-12-30-6-2-8-32-20-22-38(36)47(34)45(30)32)50(70)62-28-44(68)64-43(52(72)65-40(49(55)69)10-4-24-60-53(56)57)27-37-19-17-35-15-13-31-7-3-9-33-21-23-39(37)48(35)46(31)33/h2-3,6-9,12-23,40-43H,4-5,10-11,24-28H2,1H3,(H2,55,69)(H,62,70)(H,63,67)(H,64,68)(H,65,72)(H,66,71)(H4,56,57,60)(H4,58,59,61)/t40-,41-,42-,43-/m0/s1. The van der Waals surface area contributed by atoms with Crippen molar-refractivity contribution in [2.24, 2.45) is 38.7 Å². The lowest BCUT2D eigenvalue weighted by Crippen LogP contribution is -2.56. The van der Waals surface area contributed by atoms with Gasteiger partial charge in [0.25, 0.3) is 0 Å². The fraction of sp³-hybridized carbons (Fsp3) is 0.259. The first-order valence-electron chi connectivity index (χ1n) is 23.8. The van der Waals surface area contributed by atoms with E-state index in [4.69, 9.17) is 28.7 Å². The fourth-order valence-electron chi connectivity index (χ4n) is 9.69. The molecule has 0 bridgehead atoms. The Morgan fingerprint density at radius 2 is 0.861 bits per heavy atom. The molecule has 0 saturated carbocycles. The Morgan fingerprint density at radius 3 is 1.32 bits per heavy atom. The number of nitrogens with zero attached hydrogens (tertiary/aromatic N) is 2. The highest BCUT2D eigenvalue weighted by atomic mass is 16.2. The summed E-state index contributed by atoms with van der Waals surface area (Å²) in [5.41, 5.74) is 29.2. The predicted molar refractivity (Wildman–Crippen MR) is 283 cm³/mol. The van der Waals surface area contributed by atoms with E-state index in [2.05, 4.69) is 48.7 Å². The molecule has 8 aromatic carbocycles. The molecule has 0 aromatic heterocycles. The van der Waals surface area contributed by atoms with Crippen LogP contribution in [0.1, 0.15) is 43.7 Å². The summed E-state index contributed by atoms with van der Waals surface area (Å²) in [6, 6.07) is 31.4. The maximum atomic E-state index is 14.5. The first-order valence-corrected chi connectivity index (χ1v) is 23.8. The zero-order valence-electron chi connectivity index (χ0n) is 39.8. The van der Waals surface area contributed by atoms with Crippen LogP contribution < -0.4 is 55.3 Å². The van der Waals surface area contributed by atoms with Gasteiger partial charge >= 0.3 is 0 Å². The topological polar surface area (TPSA) is 317 Å². The van der Waals surface area contributed by atoms with Gasteiger partial charge in [-0.15, -0.1) is 0 Å². The minimum absolute atomic E-state index is 0.000227. The van der Waals surface area contributed by atoms with Crippen molar-refractivity contribution in [1.82, 2.24) is 26.6 Å². The van der Waals surface area contributed by atoms with Crippen molar-refractivity contribution in [2.45, 2.75) is 69.6 Å². The molecule has 8 rings (SSSR count). The van der Waals surface area contributed by atoms with Crippen LogP contribution >= 0.6 is 0 Å². The Kier molecular flexibility index (Phi) is 15.1. The second-order valence-corrected chi connectivity index (χ2v) is 18.1. The van der Waals surface area contributed by atoms with Crippen molar-refractivity contribution in [3.05, 3.63) is 120 Å². The number of carbonyl (C=O) groups excluding carboxylic acids is 6. The van der Waals surface area contributed by atoms with Crippen molar-refractivity contribution in [3.8, 4) is 0 Å². The lowest BCUT2D eigenvalue weighted by atomic mass is 9.90. The highest BCUT2D eigenvalue weighted by molar-refractivity contribution is 6.24. The minimum Gasteiger partial charge on any atom is -0.370 e. The third-order valence-corrected chi connectivity index (χ3v) is 13.0. The van der Waals surface area contributed by atoms with Crippen molar-refractivity contribution in [1.29, 1.82) is 0 Å². The van der Waals surface area contributed by atoms with Gasteiger partial charge in [-0.25, -0.2) is 0 Å². The summed E-state index contributed by atoms with van der Waals surface area (Å²) >= 11 is 0. The van der Waals surface area contributed by atoms with E-state index in [1.165, 1.54) is 6.92 Å². The van der Waals surface area contributed by atoms with Crippen LogP contribution in [-0.2, 0) is 41.6 Å². The number of carbonyl (C=O) groups is 6. The van der Waals surface area contributed by atoms with Gasteiger partial charge in [0.1, 0.15) is 24.2 Å². The minimum atomic E-state index is -1.25. The third kappa shape index (κ3) is 11.3. The van der Waals surface area contributed by atoms with Crippen LogP contribution in [0.5, 0.6) is 0 Å². The van der Waals surface area contributed by atoms with Gasteiger partial charge < -0.3 is 55.3 Å². The van der Waals surface area contributed by atoms with Gasteiger partial charge in [-0.05, 0) is 101 Å². The number of aliphatic imine (C=N–C) groups is 2. The molecule has 0 aliphatic carbocycles. The van der Waals surface area contributed by atoms with E-state index in [0.29, 0.717) is 12.8 Å². The van der Waals surface area contributed by atoms with Crippen molar-refractivity contribution < 1.29 is 28.8 Å². The molecule has 15 N–H and O–H groups in total. The zero-order chi connectivity index (χ0) is 51.1. The van der Waals surface area contributed by atoms with Gasteiger partial charge in [-0.3, -0.25) is 38.8 Å². The first-order chi connectivity index (χ1) is 34.6. The molecule has 0 unspecified atom stereocenters. The molecule has 0 spiro atoms.